The summed E-state index contributed by atoms with van der Waals surface area (Å²) in [6, 6.07) is 5.71. The summed E-state index contributed by atoms with van der Waals surface area (Å²) < 4.78 is 1.78. The van der Waals surface area contributed by atoms with Crippen LogP contribution >= 0.6 is 0 Å². The van der Waals surface area contributed by atoms with E-state index in [-0.39, 0.29) is 0 Å². The molecule has 0 amide bonds. The van der Waals surface area contributed by atoms with Crippen molar-refractivity contribution in [2.75, 3.05) is 0 Å². The molecule has 0 aliphatic carbocycles. The Morgan fingerprint density at radius 3 is 2.93 bits per heavy atom. The minimum Gasteiger partial charge on any atom is -0.321 e. The van der Waals surface area contributed by atoms with Gasteiger partial charge in [-0.1, -0.05) is 0 Å². The van der Waals surface area contributed by atoms with Gasteiger partial charge < -0.3 is 4.98 Å². The first-order valence-electron chi connectivity index (χ1n) is 4.64. The number of aryl methyl sites for hydroxylation is 1. The third-order valence-electron chi connectivity index (χ3n) is 2.32. The van der Waals surface area contributed by atoms with E-state index in [4.69, 9.17) is 0 Å². The Morgan fingerprint density at radius 1 is 1.27 bits per heavy atom. The molecule has 0 aromatic carbocycles. The van der Waals surface area contributed by atoms with Crippen molar-refractivity contribution in [3.8, 4) is 11.5 Å². The molecule has 3 heterocycles. The number of H-pyrrole nitrogens is 1. The number of nitrogens with zero attached hydrogens (tertiary/aromatic N) is 4. The van der Waals surface area contributed by atoms with E-state index in [0.717, 1.165) is 22.7 Å². The number of aromatic nitrogens is 5. The molecule has 1 N–H and O–H groups in total. The van der Waals surface area contributed by atoms with Gasteiger partial charge in [-0.2, -0.15) is 5.10 Å². The Labute approximate surface area is 85.8 Å². The molecule has 15 heavy (non-hydrogen) atoms. The first kappa shape index (κ1) is 8.16. The Hall–Kier alpha value is -2.17. The standard InChI is InChI=1S/C10H9N5/c1-15-8(4-6-12-15)10-13-7-3-2-5-11-9(7)14-10/h2-6H,1H3,(H,11,13,14). The number of nitrogens with one attached hydrogen (secondary N) is 1. The molecule has 0 radical (unpaired) electrons. The van der Waals surface area contributed by atoms with Gasteiger partial charge in [-0.25, -0.2) is 9.97 Å². The van der Waals surface area contributed by atoms with E-state index in [1.54, 1.807) is 17.1 Å². The Morgan fingerprint density at radius 2 is 2.20 bits per heavy atom. The van der Waals surface area contributed by atoms with Gasteiger partial charge in [-0.3, -0.25) is 4.68 Å². The summed E-state index contributed by atoms with van der Waals surface area (Å²) in [6.07, 6.45) is 3.49. The average Bonchev–Trinajstić information content (AvgIpc) is 2.82. The number of rotatable bonds is 1. The molecular weight excluding hydrogens is 190 g/mol. The third kappa shape index (κ3) is 1.20. The Bertz CT molecular complexity index is 574. The maximum absolute atomic E-state index is 4.44. The van der Waals surface area contributed by atoms with Crippen molar-refractivity contribution in [2.45, 2.75) is 0 Å². The fourth-order valence-electron chi connectivity index (χ4n) is 1.57. The number of pyridine rings is 1. The molecule has 0 aliphatic heterocycles. The highest BCUT2D eigenvalue weighted by Gasteiger charge is 2.08. The molecule has 3 aromatic heterocycles. The summed E-state index contributed by atoms with van der Waals surface area (Å²) >= 11 is 0. The Balaban J connectivity index is 2.24. The highest BCUT2D eigenvalue weighted by atomic mass is 15.3. The highest BCUT2D eigenvalue weighted by molar-refractivity contribution is 5.74. The summed E-state index contributed by atoms with van der Waals surface area (Å²) in [5.74, 6) is 0.795. The van der Waals surface area contributed by atoms with Gasteiger partial charge in [0.25, 0.3) is 0 Å². The number of aromatic amines is 1. The summed E-state index contributed by atoms with van der Waals surface area (Å²) in [4.78, 5) is 11.8. The van der Waals surface area contributed by atoms with Crippen molar-refractivity contribution in [1.29, 1.82) is 0 Å². The molecule has 5 nitrogen and oxygen atoms in total. The van der Waals surface area contributed by atoms with Gasteiger partial charge >= 0.3 is 0 Å². The first-order chi connectivity index (χ1) is 7.34. The summed E-state index contributed by atoms with van der Waals surface area (Å²) in [7, 11) is 1.88. The van der Waals surface area contributed by atoms with Crippen molar-refractivity contribution in [1.82, 2.24) is 24.7 Å². The van der Waals surface area contributed by atoms with Gasteiger partial charge in [0.2, 0.25) is 0 Å². The lowest BCUT2D eigenvalue weighted by atomic mass is 10.4. The number of fused-ring (bicyclic) bond motifs is 1. The van der Waals surface area contributed by atoms with E-state index in [9.17, 15) is 0 Å². The van der Waals surface area contributed by atoms with Crippen molar-refractivity contribution in [3.63, 3.8) is 0 Å². The van der Waals surface area contributed by atoms with Crippen LogP contribution in [-0.2, 0) is 7.05 Å². The molecule has 0 aliphatic rings. The van der Waals surface area contributed by atoms with Crippen molar-refractivity contribution in [3.05, 3.63) is 30.6 Å². The molecule has 0 unspecified atom stereocenters. The fraction of sp³-hybridized carbons (Fsp3) is 0.100. The molecule has 5 heteroatoms. The molecule has 0 atom stereocenters. The van der Waals surface area contributed by atoms with Crippen LogP contribution in [0.2, 0.25) is 0 Å². The lowest BCUT2D eigenvalue weighted by Gasteiger charge is -1.95. The van der Waals surface area contributed by atoms with E-state index in [1.165, 1.54) is 0 Å². The first-order valence-corrected chi connectivity index (χ1v) is 4.64. The third-order valence-corrected chi connectivity index (χ3v) is 2.32. The van der Waals surface area contributed by atoms with Crippen molar-refractivity contribution in [2.24, 2.45) is 7.05 Å². The van der Waals surface area contributed by atoms with Crippen molar-refractivity contribution < 1.29 is 0 Å². The zero-order valence-corrected chi connectivity index (χ0v) is 8.18. The second kappa shape index (κ2) is 2.91. The van der Waals surface area contributed by atoms with Crippen LogP contribution in [0.25, 0.3) is 22.7 Å². The van der Waals surface area contributed by atoms with Gasteiger partial charge in [0.15, 0.2) is 11.5 Å². The molecule has 0 bridgehead atoms. The SMILES string of the molecule is Cn1nccc1-c1nc2cccnc2[nH]1. The monoisotopic (exact) mass is 199 g/mol. The quantitative estimate of drug-likeness (QED) is 0.643. The van der Waals surface area contributed by atoms with Gasteiger partial charge in [0.05, 0.1) is 0 Å². The lowest BCUT2D eigenvalue weighted by molar-refractivity contribution is 0.771. The van der Waals surface area contributed by atoms with E-state index in [1.807, 2.05) is 25.2 Å². The molecule has 0 saturated carbocycles. The predicted octanol–water partition coefficient (Wildman–Crippen LogP) is 1.36. The largest absolute Gasteiger partial charge is 0.321 e. The van der Waals surface area contributed by atoms with Crippen LogP contribution in [0.4, 0.5) is 0 Å². The summed E-state index contributed by atoms with van der Waals surface area (Å²) in [5.41, 5.74) is 2.62. The van der Waals surface area contributed by atoms with E-state index < -0.39 is 0 Å². The zero-order valence-electron chi connectivity index (χ0n) is 8.18. The van der Waals surface area contributed by atoms with Crippen LogP contribution in [0.1, 0.15) is 0 Å². The second-order valence-corrected chi connectivity index (χ2v) is 3.30. The van der Waals surface area contributed by atoms with Gasteiger partial charge in [-0.15, -0.1) is 0 Å². The number of hydrogen-bond acceptors (Lipinski definition) is 3. The molecular formula is C10H9N5. The van der Waals surface area contributed by atoms with E-state index in [2.05, 4.69) is 20.1 Å². The summed E-state index contributed by atoms with van der Waals surface area (Å²) in [5, 5.41) is 4.10. The van der Waals surface area contributed by atoms with Crippen LogP contribution in [0, 0.1) is 0 Å². The molecule has 0 fully saturated rings. The average molecular weight is 199 g/mol. The van der Waals surface area contributed by atoms with Crippen LogP contribution in [0.5, 0.6) is 0 Å². The molecule has 3 rings (SSSR count). The topological polar surface area (TPSA) is 59.4 Å². The Kier molecular flexibility index (Phi) is 1.58. The van der Waals surface area contributed by atoms with E-state index >= 15 is 0 Å². The maximum atomic E-state index is 4.44. The molecule has 0 saturated heterocycles. The zero-order chi connectivity index (χ0) is 10.3. The van der Waals surface area contributed by atoms with Crippen LogP contribution in [0.3, 0.4) is 0 Å². The lowest BCUT2D eigenvalue weighted by Crippen LogP contribution is -1.94. The predicted molar refractivity (Wildman–Crippen MR) is 56.1 cm³/mol. The van der Waals surface area contributed by atoms with Crippen molar-refractivity contribution >= 4 is 11.2 Å². The maximum Gasteiger partial charge on any atom is 0.158 e. The van der Waals surface area contributed by atoms with Crippen LogP contribution in [-0.4, -0.2) is 24.7 Å². The number of hydrogen-bond donors (Lipinski definition) is 1. The smallest absolute Gasteiger partial charge is 0.158 e. The van der Waals surface area contributed by atoms with Crippen LogP contribution in [0.15, 0.2) is 30.6 Å². The normalized spacial score (nSPS) is 11.0. The second-order valence-electron chi connectivity index (χ2n) is 3.30. The van der Waals surface area contributed by atoms with Gasteiger partial charge in [-0.05, 0) is 18.2 Å². The highest BCUT2D eigenvalue weighted by Crippen LogP contribution is 2.17. The molecule has 0 spiro atoms. The van der Waals surface area contributed by atoms with Crippen LogP contribution < -0.4 is 0 Å². The van der Waals surface area contributed by atoms with Gasteiger partial charge in [0, 0.05) is 19.4 Å². The minimum atomic E-state index is 0.795. The fourth-order valence-corrected chi connectivity index (χ4v) is 1.57. The van der Waals surface area contributed by atoms with E-state index in [0.29, 0.717) is 0 Å². The minimum absolute atomic E-state index is 0.795. The molecule has 74 valence electrons. The van der Waals surface area contributed by atoms with Gasteiger partial charge in [0.1, 0.15) is 11.2 Å². The summed E-state index contributed by atoms with van der Waals surface area (Å²) in [6.45, 7) is 0. The molecule has 3 aromatic rings. The number of imidazole rings is 1.